The fourth-order valence-electron chi connectivity index (χ4n) is 1.41. The van der Waals surface area contributed by atoms with E-state index in [0.29, 0.717) is 0 Å². The molecule has 0 amide bonds. The molecule has 3 rings (SSSR count). The molecule has 0 unspecified atom stereocenters. The molecule has 0 aromatic heterocycles. The lowest BCUT2D eigenvalue weighted by Gasteiger charge is -2.09. The fraction of sp³-hybridized carbons (Fsp3) is 0.308. The van der Waals surface area contributed by atoms with E-state index in [1.807, 2.05) is 24.3 Å². The van der Waals surface area contributed by atoms with Crippen LogP contribution >= 0.6 is 0 Å². The smallest absolute Gasteiger partial charge is 0.306 e. The Kier molecular flexibility index (Phi) is 3.25. The quantitative estimate of drug-likeness (QED) is 0.788. The van der Waals surface area contributed by atoms with Gasteiger partial charge in [-0.3, -0.25) is 4.79 Å². The molecule has 1 aromatic rings. The topological polar surface area (TPSA) is 46.5 Å². The van der Waals surface area contributed by atoms with Gasteiger partial charge in [-0.2, -0.15) is 0 Å². The van der Waals surface area contributed by atoms with Crippen LogP contribution in [0.5, 0.6) is 5.75 Å². The van der Waals surface area contributed by atoms with E-state index in [9.17, 15) is 4.79 Å². The minimum atomic E-state index is -0.630. The molecular formula is C13H14O3. The first-order valence-corrected chi connectivity index (χ1v) is 5.40. The molecule has 1 fully saturated rings. The van der Waals surface area contributed by atoms with Crippen LogP contribution < -0.4 is 4.74 Å². The molecule has 1 saturated carbocycles. The summed E-state index contributed by atoms with van der Waals surface area (Å²) in [5, 5.41) is 8.05. The maximum atomic E-state index is 9.76. The summed E-state index contributed by atoms with van der Waals surface area (Å²) in [6.07, 6.45) is 6.55. The van der Waals surface area contributed by atoms with Gasteiger partial charge in [0, 0.05) is 0 Å². The lowest BCUT2D eigenvalue weighted by atomic mass is 10.1. The molecule has 3 heteroatoms. The van der Waals surface area contributed by atoms with Gasteiger partial charge < -0.3 is 9.84 Å². The number of carbonyl (C=O) groups is 1. The minimum absolute atomic E-state index is 0.0185. The average Bonchev–Trinajstić information content (AvgIpc) is 3.14. The van der Waals surface area contributed by atoms with Crippen molar-refractivity contribution in [3.05, 3.63) is 42.2 Å². The molecule has 3 nitrogen and oxygen atoms in total. The molecule has 2 aliphatic rings. The zero-order chi connectivity index (χ0) is 11.4. The predicted octanol–water partition coefficient (Wildman–Crippen LogP) is 2.62. The Hall–Kier alpha value is -1.77. The second kappa shape index (κ2) is 4.84. The third-order valence-corrected chi connectivity index (χ3v) is 2.53. The van der Waals surface area contributed by atoms with Crippen LogP contribution in [0.4, 0.5) is 0 Å². The van der Waals surface area contributed by atoms with Crippen molar-refractivity contribution in [2.45, 2.75) is 19.3 Å². The Morgan fingerprint density at radius 1 is 1.31 bits per heavy atom. The Labute approximate surface area is 94.4 Å². The molecule has 1 aliphatic carbocycles. The summed E-state index contributed by atoms with van der Waals surface area (Å²) in [4.78, 5) is 9.76. The van der Waals surface area contributed by atoms with E-state index in [0.717, 1.165) is 25.0 Å². The van der Waals surface area contributed by atoms with Crippen molar-refractivity contribution < 1.29 is 14.6 Å². The van der Waals surface area contributed by atoms with Gasteiger partial charge in [-0.25, -0.2) is 0 Å². The molecule has 84 valence electrons. The highest BCUT2D eigenvalue weighted by Gasteiger charge is 2.28. The van der Waals surface area contributed by atoms with Gasteiger partial charge in [-0.1, -0.05) is 18.2 Å². The van der Waals surface area contributed by atoms with E-state index >= 15 is 0 Å². The van der Waals surface area contributed by atoms with Crippen LogP contribution in [0.3, 0.4) is 0 Å². The molecule has 0 atom stereocenters. The van der Waals surface area contributed by atoms with E-state index in [-0.39, 0.29) is 5.92 Å². The zero-order valence-corrected chi connectivity index (χ0v) is 8.93. The molecule has 0 bridgehead atoms. The van der Waals surface area contributed by atoms with E-state index in [4.69, 9.17) is 9.84 Å². The van der Waals surface area contributed by atoms with Crippen molar-refractivity contribution in [3.63, 3.8) is 0 Å². The third-order valence-electron chi connectivity index (χ3n) is 2.53. The maximum Gasteiger partial charge on any atom is 0.306 e. The zero-order valence-electron chi connectivity index (χ0n) is 8.93. The molecule has 0 spiro atoms. The second-order valence-electron chi connectivity index (χ2n) is 3.91. The van der Waals surface area contributed by atoms with Crippen LogP contribution in [0.1, 0.15) is 18.4 Å². The Morgan fingerprint density at radius 3 is 2.62 bits per heavy atom. The van der Waals surface area contributed by atoms with E-state index in [1.54, 1.807) is 6.26 Å². The standard InChI is InChI=1S/C9H8O.C4H6O2/c1-2-6-9-8(4-1)5-3-7-10-9;5-4(6)3-1-2-3/h1-4,6-7H,5H2;3H,1-2H2,(H,5,6). The molecule has 1 aromatic carbocycles. The summed E-state index contributed by atoms with van der Waals surface area (Å²) >= 11 is 0. The predicted molar refractivity (Wildman–Crippen MR) is 60.3 cm³/mol. The lowest BCUT2D eigenvalue weighted by molar-refractivity contribution is -0.138. The first-order chi connectivity index (χ1) is 7.77. The van der Waals surface area contributed by atoms with Crippen LogP contribution in [0.25, 0.3) is 0 Å². The van der Waals surface area contributed by atoms with E-state index in [2.05, 4.69) is 6.07 Å². The highest BCUT2D eigenvalue weighted by Crippen LogP contribution is 2.28. The number of carboxylic acids is 1. The van der Waals surface area contributed by atoms with Crippen molar-refractivity contribution in [1.82, 2.24) is 0 Å². The van der Waals surface area contributed by atoms with Gasteiger partial charge in [0.25, 0.3) is 0 Å². The highest BCUT2D eigenvalue weighted by atomic mass is 16.5. The number of ether oxygens (including phenoxy) is 1. The van der Waals surface area contributed by atoms with E-state index in [1.165, 1.54) is 5.56 Å². The molecule has 0 radical (unpaired) electrons. The number of benzene rings is 1. The highest BCUT2D eigenvalue weighted by molar-refractivity contribution is 5.72. The molecule has 1 aliphatic heterocycles. The summed E-state index contributed by atoms with van der Waals surface area (Å²) in [5.74, 6) is 0.380. The van der Waals surface area contributed by atoms with Crippen LogP contribution in [0.15, 0.2) is 36.6 Å². The van der Waals surface area contributed by atoms with Gasteiger partial charge in [0.2, 0.25) is 0 Å². The van der Waals surface area contributed by atoms with Gasteiger partial charge in [-0.05, 0) is 37.0 Å². The Morgan fingerprint density at radius 2 is 2.06 bits per heavy atom. The first-order valence-electron chi connectivity index (χ1n) is 5.40. The van der Waals surface area contributed by atoms with Gasteiger partial charge in [-0.15, -0.1) is 0 Å². The molecular weight excluding hydrogens is 204 g/mol. The average molecular weight is 218 g/mol. The monoisotopic (exact) mass is 218 g/mol. The molecule has 1 N–H and O–H groups in total. The number of carboxylic acid groups (broad SMARTS) is 1. The number of aliphatic carboxylic acids is 1. The van der Waals surface area contributed by atoms with Crippen LogP contribution in [-0.4, -0.2) is 11.1 Å². The summed E-state index contributed by atoms with van der Waals surface area (Å²) < 4.78 is 5.24. The van der Waals surface area contributed by atoms with Crippen molar-refractivity contribution in [2.24, 2.45) is 5.92 Å². The normalized spacial score (nSPS) is 16.5. The van der Waals surface area contributed by atoms with Crippen molar-refractivity contribution in [1.29, 1.82) is 0 Å². The number of hydrogen-bond acceptors (Lipinski definition) is 2. The lowest BCUT2D eigenvalue weighted by Crippen LogP contribution is -1.94. The first kappa shape index (κ1) is 10.7. The Bertz CT molecular complexity index is 378. The van der Waals surface area contributed by atoms with Gasteiger partial charge in [0.05, 0.1) is 12.2 Å². The van der Waals surface area contributed by atoms with Crippen LogP contribution in [0.2, 0.25) is 0 Å². The Balaban J connectivity index is 0.000000138. The molecule has 1 heterocycles. The number of hydrogen-bond donors (Lipinski definition) is 1. The van der Waals surface area contributed by atoms with Gasteiger partial charge >= 0.3 is 5.97 Å². The molecule has 0 saturated heterocycles. The minimum Gasteiger partial charge on any atom is -0.481 e. The second-order valence-corrected chi connectivity index (χ2v) is 3.91. The fourth-order valence-corrected chi connectivity index (χ4v) is 1.41. The molecule has 16 heavy (non-hydrogen) atoms. The van der Waals surface area contributed by atoms with Crippen LogP contribution in [0, 0.1) is 5.92 Å². The summed E-state index contributed by atoms with van der Waals surface area (Å²) in [7, 11) is 0. The van der Waals surface area contributed by atoms with Crippen molar-refractivity contribution in [2.75, 3.05) is 0 Å². The number of allylic oxidation sites excluding steroid dienone is 1. The number of para-hydroxylation sites is 1. The SMILES string of the molecule is C1=COc2ccccc2C1.O=C(O)C1CC1. The van der Waals surface area contributed by atoms with Crippen molar-refractivity contribution in [3.8, 4) is 5.75 Å². The largest absolute Gasteiger partial charge is 0.481 e. The van der Waals surface area contributed by atoms with Gasteiger partial charge in [0.1, 0.15) is 5.75 Å². The summed E-state index contributed by atoms with van der Waals surface area (Å²) in [6, 6.07) is 8.08. The van der Waals surface area contributed by atoms with Gasteiger partial charge in [0.15, 0.2) is 0 Å². The van der Waals surface area contributed by atoms with E-state index < -0.39 is 5.97 Å². The summed E-state index contributed by atoms with van der Waals surface area (Å²) in [6.45, 7) is 0. The van der Waals surface area contributed by atoms with Crippen LogP contribution in [-0.2, 0) is 11.2 Å². The summed E-state index contributed by atoms with van der Waals surface area (Å²) in [5.41, 5.74) is 1.27. The maximum absolute atomic E-state index is 9.76. The number of fused-ring (bicyclic) bond motifs is 1. The van der Waals surface area contributed by atoms with Crippen molar-refractivity contribution >= 4 is 5.97 Å². The number of rotatable bonds is 1. The third kappa shape index (κ3) is 2.86.